The monoisotopic (exact) mass is 578 g/mol. The van der Waals surface area contributed by atoms with Gasteiger partial charge in [-0.3, -0.25) is 9.69 Å². The molecule has 0 unspecified atom stereocenters. The number of ether oxygens (including phenoxy) is 2. The first-order chi connectivity index (χ1) is 19.3. The second-order valence-corrected chi connectivity index (χ2v) is 11.0. The zero-order valence-corrected chi connectivity index (χ0v) is 23.0. The molecule has 2 amide bonds. The predicted octanol–water partition coefficient (Wildman–Crippen LogP) is 7.02. The summed E-state index contributed by atoms with van der Waals surface area (Å²) in [6.45, 7) is 2.27. The molecule has 2 fully saturated rings. The van der Waals surface area contributed by atoms with Gasteiger partial charge >= 0.3 is 12.3 Å². The first kappa shape index (κ1) is 28.9. The molecular formula is C30H31F5N2O4. The Labute approximate surface area is 234 Å². The van der Waals surface area contributed by atoms with Crippen molar-refractivity contribution in [2.45, 2.75) is 63.8 Å². The van der Waals surface area contributed by atoms with Crippen molar-refractivity contribution in [2.75, 3.05) is 26.7 Å². The Balaban J connectivity index is 1.44. The predicted molar refractivity (Wildman–Crippen MR) is 141 cm³/mol. The van der Waals surface area contributed by atoms with Gasteiger partial charge in [-0.15, -0.1) is 0 Å². The van der Waals surface area contributed by atoms with Crippen molar-refractivity contribution in [2.24, 2.45) is 0 Å². The molecule has 0 N–H and O–H groups in total. The molecule has 2 heterocycles. The van der Waals surface area contributed by atoms with Crippen LogP contribution in [0.5, 0.6) is 5.75 Å². The molecule has 2 saturated heterocycles. The maximum absolute atomic E-state index is 13.4. The van der Waals surface area contributed by atoms with Crippen LogP contribution < -0.4 is 4.74 Å². The molecule has 41 heavy (non-hydrogen) atoms. The molecule has 0 aromatic heterocycles. The molecule has 220 valence electrons. The minimum Gasteiger partial charge on any atom is -0.496 e. The third-order valence-electron chi connectivity index (χ3n) is 7.99. The molecular weight excluding hydrogens is 547 g/mol. The molecule has 11 heteroatoms. The van der Waals surface area contributed by atoms with Crippen LogP contribution in [0.2, 0.25) is 0 Å². The number of carbonyl (C=O) groups is 2. The molecule has 0 saturated carbocycles. The van der Waals surface area contributed by atoms with E-state index in [0.717, 1.165) is 41.0 Å². The number of alkyl halides is 5. The largest absolute Gasteiger partial charge is 0.496 e. The van der Waals surface area contributed by atoms with Gasteiger partial charge in [-0.05, 0) is 86.6 Å². The fourth-order valence-electron chi connectivity index (χ4n) is 5.89. The highest BCUT2D eigenvalue weighted by atomic mass is 19.4. The minimum absolute atomic E-state index is 0.198. The lowest BCUT2D eigenvalue weighted by Gasteiger charge is -2.38. The van der Waals surface area contributed by atoms with Gasteiger partial charge in [0.15, 0.2) is 0 Å². The summed E-state index contributed by atoms with van der Waals surface area (Å²) >= 11 is 0. The molecule has 0 bridgehead atoms. The summed E-state index contributed by atoms with van der Waals surface area (Å²) in [6.07, 6.45) is -2.97. The van der Waals surface area contributed by atoms with Crippen LogP contribution in [0, 0.1) is 6.92 Å². The summed E-state index contributed by atoms with van der Waals surface area (Å²) in [6, 6.07) is 7.98. The zero-order chi connectivity index (χ0) is 29.7. The number of halogens is 5. The maximum Gasteiger partial charge on any atom is 0.416 e. The van der Waals surface area contributed by atoms with E-state index in [9.17, 15) is 31.5 Å². The number of allylic oxidation sites excluding steroid dienone is 1. The summed E-state index contributed by atoms with van der Waals surface area (Å²) in [5.74, 6) is -2.86. The van der Waals surface area contributed by atoms with E-state index < -0.39 is 54.9 Å². The van der Waals surface area contributed by atoms with Gasteiger partial charge in [-0.2, -0.15) is 13.2 Å². The first-order valence-electron chi connectivity index (χ1n) is 13.5. The second kappa shape index (κ2) is 10.6. The standard InChI is InChI=1S/C30H31F5N2O4/c1-17-10-21(12-22(11-17)30(33,34)35)26-18(2)37(28(39)41-26)14-20-6-4-5-7-23(20)24-13-19(8-9-25(24)40-3)27(38)36-15-29(31,32)16-36/h8-13,18,26H,4-7,14-16H2,1-3H3/t18-,26-/m0/s1. The van der Waals surface area contributed by atoms with Gasteiger partial charge in [-0.25, -0.2) is 13.6 Å². The quantitative estimate of drug-likeness (QED) is 0.346. The fourth-order valence-corrected chi connectivity index (χ4v) is 5.89. The van der Waals surface area contributed by atoms with E-state index in [1.54, 1.807) is 38.1 Å². The summed E-state index contributed by atoms with van der Waals surface area (Å²) in [4.78, 5) is 28.5. The van der Waals surface area contributed by atoms with Crippen molar-refractivity contribution in [1.82, 2.24) is 9.80 Å². The maximum atomic E-state index is 13.4. The van der Waals surface area contributed by atoms with Gasteiger partial charge in [0.2, 0.25) is 0 Å². The number of carbonyl (C=O) groups excluding carboxylic acids is 2. The molecule has 2 atom stereocenters. The lowest BCUT2D eigenvalue weighted by atomic mass is 9.85. The number of hydrogen-bond donors (Lipinski definition) is 0. The van der Waals surface area contributed by atoms with Gasteiger partial charge in [0, 0.05) is 17.7 Å². The summed E-state index contributed by atoms with van der Waals surface area (Å²) in [7, 11) is 1.50. The van der Waals surface area contributed by atoms with Crippen molar-refractivity contribution in [3.8, 4) is 5.75 Å². The van der Waals surface area contributed by atoms with Crippen molar-refractivity contribution in [3.63, 3.8) is 0 Å². The molecule has 1 aliphatic carbocycles. The molecule has 5 rings (SSSR count). The van der Waals surface area contributed by atoms with Gasteiger partial charge < -0.3 is 14.4 Å². The number of nitrogens with zero attached hydrogens (tertiary/aromatic N) is 2. The first-order valence-corrected chi connectivity index (χ1v) is 13.5. The van der Waals surface area contributed by atoms with E-state index in [2.05, 4.69) is 0 Å². The topological polar surface area (TPSA) is 59.1 Å². The van der Waals surface area contributed by atoms with Crippen LogP contribution in [-0.4, -0.2) is 60.5 Å². The molecule has 2 aromatic rings. The van der Waals surface area contributed by atoms with Crippen LogP contribution in [0.3, 0.4) is 0 Å². The molecule has 0 radical (unpaired) electrons. The molecule has 6 nitrogen and oxygen atoms in total. The van der Waals surface area contributed by atoms with E-state index in [1.165, 1.54) is 12.0 Å². The number of benzene rings is 2. The molecule has 0 spiro atoms. The molecule has 2 aliphatic heterocycles. The Morgan fingerprint density at radius 2 is 1.80 bits per heavy atom. The number of hydrogen-bond acceptors (Lipinski definition) is 4. The summed E-state index contributed by atoms with van der Waals surface area (Å²) < 4.78 is 78.3. The van der Waals surface area contributed by atoms with Gasteiger partial charge in [0.25, 0.3) is 11.8 Å². The third kappa shape index (κ3) is 5.76. The van der Waals surface area contributed by atoms with Crippen molar-refractivity contribution >= 4 is 17.6 Å². The number of aryl methyl sites for hydroxylation is 1. The van der Waals surface area contributed by atoms with Crippen LogP contribution in [0.1, 0.15) is 71.3 Å². The number of cyclic esters (lactones) is 1. The number of likely N-dealkylation sites (tertiary alicyclic amines) is 1. The number of rotatable bonds is 6. The van der Waals surface area contributed by atoms with E-state index in [0.29, 0.717) is 29.7 Å². The second-order valence-electron chi connectivity index (χ2n) is 11.0. The van der Waals surface area contributed by atoms with Crippen LogP contribution in [-0.2, 0) is 10.9 Å². The van der Waals surface area contributed by atoms with Crippen LogP contribution >= 0.6 is 0 Å². The van der Waals surface area contributed by atoms with Crippen LogP contribution in [0.25, 0.3) is 5.57 Å². The average molecular weight is 579 g/mol. The van der Waals surface area contributed by atoms with Gasteiger partial charge in [0.1, 0.15) is 11.9 Å². The molecule has 3 aliphatic rings. The highest BCUT2D eigenvalue weighted by Crippen LogP contribution is 2.41. The van der Waals surface area contributed by atoms with Crippen molar-refractivity contribution in [3.05, 3.63) is 69.8 Å². The number of amides is 2. The third-order valence-corrected chi connectivity index (χ3v) is 7.99. The minimum atomic E-state index is -4.53. The van der Waals surface area contributed by atoms with Crippen LogP contribution in [0.4, 0.5) is 26.7 Å². The lowest BCUT2D eigenvalue weighted by Crippen LogP contribution is -2.58. The van der Waals surface area contributed by atoms with Crippen molar-refractivity contribution in [1.29, 1.82) is 0 Å². The average Bonchev–Trinajstić information content (AvgIpc) is 3.19. The molecule has 2 aromatic carbocycles. The van der Waals surface area contributed by atoms with Crippen LogP contribution in [0.15, 0.2) is 42.0 Å². The van der Waals surface area contributed by atoms with Gasteiger partial charge in [0.05, 0.1) is 31.8 Å². The lowest BCUT2D eigenvalue weighted by molar-refractivity contribution is -0.137. The fraction of sp³-hybridized carbons (Fsp3) is 0.467. The SMILES string of the molecule is COc1ccc(C(=O)N2CC(F)(F)C2)cc1C1=C(CN2C(=O)O[C@H](c3cc(C)cc(C(F)(F)F)c3)[C@@H]2C)CCCC1. The van der Waals surface area contributed by atoms with E-state index in [-0.39, 0.29) is 17.7 Å². The van der Waals surface area contributed by atoms with E-state index >= 15 is 0 Å². The number of methoxy groups -OCH3 is 1. The van der Waals surface area contributed by atoms with E-state index in [4.69, 9.17) is 9.47 Å². The Hall–Kier alpha value is -3.63. The Morgan fingerprint density at radius 1 is 1.10 bits per heavy atom. The Morgan fingerprint density at radius 3 is 2.46 bits per heavy atom. The van der Waals surface area contributed by atoms with E-state index in [1.807, 2.05) is 0 Å². The highest BCUT2D eigenvalue weighted by molar-refractivity contribution is 5.96. The van der Waals surface area contributed by atoms with Gasteiger partial charge in [-0.1, -0.05) is 11.6 Å². The summed E-state index contributed by atoms with van der Waals surface area (Å²) in [5, 5.41) is 0. The zero-order valence-electron chi connectivity index (χ0n) is 23.0. The Kier molecular flexibility index (Phi) is 7.50. The smallest absolute Gasteiger partial charge is 0.416 e. The normalized spacial score (nSPS) is 22.5. The Bertz CT molecular complexity index is 1400. The highest BCUT2D eigenvalue weighted by Gasteiger charge is 2.46. The van der Waals surface area contributed by atoms with Crippen molar-refractivity contribution < 1.29 is 41.0 Å². The summed E-state index contributed by atoms with van der Waals surface area (Å²) in [5.41, 5.74) is 2.65.